The first-order chi connectivity index (χ1) is 30.1. The summed E-state index contributed by atoms with van der Waals surface area (Å²) >= 11 is 0. The van der Waals surface area contributed by atoms with Crippen LogP contribution in [-0.4, -0.2) is 31.3 Å². The molecule has 0 aliphatic carbocycles. The summed E-state index contributed by atoms with van der Waals surface area (Å²) in [6, 6.07) is 30.5. The SMILES string of the molecule is CCCCC/C=C\C/C=C\CCCCCCCC(=O)O[C@@H](COC(=O)CCCCCCCCCCCCCCC)COC(c1ccccc1)(c1ccccc1)c1ccccc1. The van der Waals surface area contributed by atoms with E-state index in [9.17, 15) is 9.59 Å². The normalized spacial score (nSPS) is 12.3. The van der Waals surface area contributed by atoms with Crippen LogP contribution in [-0.2, 0) is 29.4 Å². The number of rotatable bonds is 37. The van der Waals surface area contributed by atoms with Gasteiger partial charge in [-0.15, -0.1) is 0 Å². The predicted octanol–water partition coefficient (Wildman–Crippen LogP) is 15.7. The van der Waals surface area contributed by atoms with Gasteiger partial charge in [-0.05, 0) is 61.6 Å². The Morgan fingerprint density at radius 3 is 1.30 bits per heavy atom. The molecular weight excluding hydrogens is 753 g/mol. The minimum atomic E-state index is -0.979. The summed E-state index contributed by atoms with van der Waals surface area (Å²) in [7, 11) is 0. The Morgan fingerprint density at radius 2 is 0.836 bits per heavy atom. The van der Waals surface area contributed by atoms with Gasteiger partial charge in [0.15, 0.2) is 6.10 Å². The zero-order valence-corrected chi connectivity index (χ0v) is 38.4. The summed E-state index contributed by atoms with van der Waals surface area (Å²) < 4.78 is 18.9. The molecular formula is C56H82O5. The molecule has 0 radical (unpaired) electrons. The maximum Gasteiger partial charge on any atom is 0.306 e. The van der Waals surface area contributed by atoms with Crippen LogP contribution in [0.5, 0.6) is 0 Å². The fraction of sp³-hybridized carbons (Fsp3) is 0.571. The third-order valence-corrected chi connectivity index (χ3v) is 11.6. The fourth-order valence-electron chi connectivity index (χ4n) is 7.97. The average molecular weight is 835 g/mol. The van der Waals surface area contributed by atoms with Crippen LogP contribution < -0.4 is 0 Å². The number of carbonyl (C=O) groups is 2. The largest absolute Gasteiger partial charge is 0.462 e. The van der Waals surface area contributed by atoms with Gasteiger partial charge in [0, 0.05) is 12.8 Å². The van der Waals surface area contributed by atoms with Gasteiger partial charge in [0.05, 0.1) is 6.61 Å². The minimum Gasteiger partial charge on any atom is -0.462 e. The smallest absolute Gasteiger partial charge is 0.306 e. The third-order valence-electron chi connectivity index (χ3n) is 11.6. The van der Waals surface area contributed by atoms with E-state index in [4.69, 9.17) is 14.2 Å². The molecule has 5 nitrogen and oxygen atoms in total. The lowest BCUT2D eigenvalue weighted by Gasteiger charge is -2.37. The molecule has 0 fully saturated rings. The van der Waals surface area contributed by atoms with Crippen molar-refractivity contribution >= 4 is 11.9 Å². The standard InChI is InChI=1S/C56H82O5/c1-3-5-7-9-11-13-15-17-18-20-22-24-26-28-39-47-55(58)61-53(48-59-54(57)46-38-27-25-23-21-19-16-14-12-10-8-6-4-2)49-60-56(50-40-32-29-33-41-50,51-42-34-30-35-43-51)52-44-36-31-37-45-52/h11,13,17-18,29-37,40-45,53H,3-10,12,14-16,19-28,38-39,46-49H2,1-2H3/b13-11-,18-17-/t53-/m0/s1. The van der Waals surface area contributed by atoms with Crippen LogP contribution in [0.3, 0.4) is 0 Å². The molecule has 336 valence electrons. The Balaban J connectivity index is 1.52. The first kappa shape index (κ1) is 51.4. The zero-order chi connectivity index (χ0) is 43.3. The molecule has 0 amide bonds. The summed E-state index contributed by atoms with van der Waals surface area (Å²) in [4.78, 5) is 26.4. The average Bonchev–Trinajstić information content (AvgIpc) is 3.29. The molecule has 0 aliphatic rings. The molecule has 3 rings (SSSR count). The first-order valence-electron chi connectivity index (χ1n) is 24.6. The lowest BCUT2D eigenvalue weighted by Crippen LogP contribution is -2.38. The predicted molar refractivity (Wildman–Crippen MR) is 256 cm³/mol. The van der Waals surface area contributed by atoms with E-state index in [2.05, 4.69) is 74.5 Å². The number of hydrogen-bond donors (Lipinski definition) is 0. The van der Waals surface area contributed by atoms with Crippen molar-refractivity contribution in [2.45, 2.75) is 192 Å². The van der Waals surface area contributed by atoms with Gasteiger partial charge in [0.1, 0.15) is 12.2 Å². The number of allylic oxidation sites excluding steroid dienone is 4. The molecule has 0 N–H and O–H groups in total. The maximum atomic E-state index is 13.3. The van der Waals surface area contributed by atoms with Crippen molar-refractivity contribution in [3.8, 4) is 0 Å². The lowest BCUT2D eigenvalue weighted by atomic mass is 9.80. The second-order valence-corrected chi connectivity index (χ2v) is 16.9. The molecule has 0 saturated heterocycles. The fourth-order valence-corrected chi connectivity index (χ4v) is 7.97. The lowest BCUT2D eigenvalue weighted by molar-refractivity contribution is -0.165. The van der Waals surface area contributed by atoms with E-state index in [1.54, 1.807) is 0 Å². The van der Waals surface area contributed by atoms with Gasteiger partial charge in [0.25, 0.3) is 0 Å². The van der Waals surface area contributed by atoms with E-state index in [0.717, 1.165) is 80.9 Å². The van der Waals surface area contributed by atoms with E-state index < -0.39 is 11.7 Å². The number of hydrogen-bond acceptors (Lipinski definition) is 5. The van der Waals surface area contributed by atoms with E-state index in [1.807, 2.05) is 54.6 Å². The summed E-state index contributed by atoms with van der Waals surface area (Å²) in [6.07, 6.45) is 37.7. The van der Waals surface area contributed by atoms with Gasteiger partial charge in [-0.1, -0.05) is 238 Å². The number of benzene rings is 3. The van der Waals surface area contributed by atoms with Crippen LogP contribution in [0.2, 0.25) is 0 Å². The van der Waals surface area contributed by atoms with Gasteiger partial charge in [0.2, 0.25) is 0 Å². The molecule has 3 aromatic rings. The summed E-state index contributed by atoms with van der Waals surface area (Å²) in [5.41, 5.74) is 1.90. The molecule has 0 bridgehead atoms. The highest BCUT2D eigenvalue weighted by Crippen LogP contribution is 2.40. The Morgan fingerprint density at radius 1 is 0.459 bits per heavy atom. The Kier molecular flexibility index (Phi) is 29.2. The first-order valence-corrected chi connectivity index (χ1v) is 24.6. The maximum absolute atomic E-state index is 13.3. The van der Waals surface area contributed by atoms with E-state index >= 15 is 0 Å². The van der Waals surface area contributed by atoms with Crippen LogP contribution in [0.1, 0.15) is 197 Å². The van der Waals surface area contributed by atoms with Crippen LogP contribution >= 0.6 is 0 Å². The molecule has 0 aliphatic heterocycles. The monoisotopic (exact) mass is 835 g/mol. The third kappa shape index (κ3) is 22.6. The van der Waals surface area contributed by atoms with Crippen molar-refractivity contribution in [1.29, 1.82) is 0 Å². The number of esters is 2. The highest BCUT2D eigenvalue weighted by atomic mass is 16.6. The molecule has 0 heterocycles. The Labute approximate surface area is 372 Å². The molecule has 5 heteroatoms. The second-order valence-electron chi connectivity index (χ2n) is 16.9. The van der Waals surface area contributed by atoms with Crippen molar-refractivity contribution in [3.63, 3.8) is 0 Å². The Hall–Kier alpha value is -3.96. The van der Waals surface area contributed by atoms with Crippen molar-refractivity contribution < 1.29 is 23.8 Å². The number of unbranched alkanes of at least 4 members (excludes halogenated alkanes) is 20. The summed E-state index contributed by atoms with van der Waals surface area (Å²) in [5.74, 6) is -0.533. The molecule has 3 aromatic carbocycles. The zero-order valence-electron chi connectivity index (χ0n) is 38.4. The van der Waals surface area contributed by atoms with Crippen LogP contribution in [0.15, 0.2) is 115 Å². The van der Waals surface area contributed by atoms with Gasteiger partial charge in [-0.2, -0.15) is 0 Å². The van der Waals surface area contributed by atoms with Gasteiger partial charge < -0.3 is 14.2 Å². The molecule has 0 aromatic heterocycles. The number of ether oxygens (including phenoxy) is 3. The Bertz CT molecular complexity index is 1450. The van der Waals surface area contributed by atoms with Crippen LogP contribution in [0.4, 0.5) is 0 Å². The van der Waals surface area contributed by atoms with Crippen molar-refractivity contribution in [3.05, 3.63) is 132 Å². The van der Waals surface area contributed by atoms with Crippen molar-refractivity contribution in [2.24, 2.45) is 0 Å². The van der Waals surface area contributed by atoms with Crippen LogP contribution in [0.25, 0.3) is 0 Å². The summed E-state index contributed by atoms with van der Waals surface area (Å²) in [5, 5.41) is 0. The van der Waals surface area contributed by atoms with E-state index in [-0.39, 0.29) is 25.2 Å². The molecule has 0 saturated carbocycles. The molecule has 0 unspecified atom stereocenters. The van der Waals surface area contributed by atoms with Crippen molar-refractivity contribution in [2.75, 3.05) is 13.2 Å². The van der Waals surface area contributed by atoms with E-state index in [0.29, 0.717) is 12.8 Å². The van der Waals surface area contributed by atoms with Gasteiger partial charge >= 0.3 is 11.9 Å². The van der Waals surface area contributed by atoms with Gasteiger partial charge in [-0.25, -0.2) is 0 Å². The van der Waals surface area contributed by atoms with Crippen LogP contribution in [0, 0.1) is 0 Å². The minimum absolute atomic E-state index is 0.0420. The van der Waals surface area contributed by atoms with E-state index in [1.165, 1.54) is 89.9 Å². The highest BCUT2D eigenvalue weighted by Gasteiger charge is 2.38. The van der Waals surface area contributed by atoms with Crippen molar-refractivity contribution in [1.82, 2.24) is 0 Å². The highest BCUT2D eigenvalue weighted by molar-refractivity contribution is 5.70. The topological polar surface area (TPSA) is 61.8 Å². The summed E-state index contributed by atoms with van der Waals surface area (Å²) in [6.45, 7) is 4.52. The molecule has 61 heavy (non-hydrogen) atoms. The molecule has 1 atom stereocenters. The quantitative estimate of drug-likeness (QED) is 0.0251. The molecule has 0 spiro atoms. The second kappa shape index (κ2) is 34.6. The number of carbonyl (C=O) groups excluding carboxylic acids is 2. The van der Waals surface area contributed by atoms with Gasteiger partial charge in [-0.3, -0.25) is 9.59 Å².